The summed E-state index contributed by atoms with van der Waals surface area (Å²) in [6.45, 7) is -0.0143. The van der Waals surface area contributed by atoms with Crippen molar-refractivity contribution in [1.82, 2.24) is 14.7 Å². The van der Waals surface area contributed by atoms with Crippen molar-refractivity contribution in [2.24, 2.45) is 0 Å². The van der Waals surface area contributed by atoms with Crippen molar-refractivity contribution in [2.45, 2.75) is 12.6 Å². The van der Waals surface area contributed by atoms with Crippen molar-refractivity contribution < 1.29 is 37.1 Å². The van der Waals surface area contributed by atoms with E-state index in [4.69, 9.17) is 4.74 Å². The molecule has 162 valence electrons. The second-order valence-electron chi connectivity index (χ2n) is 6.95. The van der Waals surface area contributed by atoms with E-state index in [1.165, 1.54) is 30.2 Å². The molecule has 0 aromatic heterocycles. The van der Waals surface area contributed by atoms with Crippen LogP contribution in [-0.2, 0) is 9.53 Å². The summed E-state index contributed by atoms with van der Waals surface area (Å²) in [6, 6.07) is 4.16. The molecule has 0 unspecified atom stereocenters. The number of benzene rings is 1. The van der Waals surface area contributed by atoms with E-state index in [0.717, 1.165) is 4.90 Å². The number of hydrogen-bond acceptors (Lipinski definition) is 5. The number of piperazine rings is 1. The molecular weight excluding hydrogens is 407 g/mol. The Morgan fingerprint density at radius 2 is 1.60 bits per heavy atom. The monoisotopic (exact) mass is 427 g/mol. The maximum Gasteiger partial charge on any atom is 0.471 e. The fourth-order valence-corrected chi connectivity index (χ4v) is 3.47. The molecule has 30 heavy (non-hydrogen) atoms. The van der Waals surface area contributed by atoms with Crippen LogP contribution < -0.4 is 0 Å². The Hall–Kier alpha value is -2.95. The lowest BCUT2D eigenvalue weighted by atomic mass is 10.0. The number of methoxy groups -OCH3 is 1. The molecule has 0 atom stereocenters. The Morgan fingerprint density at radius 3 is 2.20 bits per heavy atom. The zero-order valence-corrected chi connectivity index (χ0v) is 16.2. The Bertz CT molecular complexity index is 879. The SMILES string of the molecule is COCCCN1C(=O)c2ccc(C(=O)N3CCN(C(=O)C(F)(F)F)CC3)cc2C1=O. The quantitative estimate of drug-likeness (QED) is 0.520. The molecule has 3 rings (SSSR count). The molecular formula is C19H20F3N3O5. The van der Waals surface area contributed by atoms with Gasteiger partial charge in [-0.15, -0.1) is 0 Å². The predicted molar refractivity (Wildman–Crippen MR) is 96.8 cm³/mol. The Kier molecular flexibility index (Phi) is 6.11. The highest BCUT2D eigenvalue weighted by Crippen LogP contribution is 2.25. The second-order valence-corrected chi connectivity index (χ2v) is 6.95. The molecule has 0 saturated carbocycles. The van der Waals surface area contributed by atoms with Crippen molar-refractivity contribution in [3.05, 3.63) is 34.9 Å². The van der Waals surface area contributed by atoms with Gasteiger partial charge in [0.2, 0.25) is 0 Å². The summed E-state index contributed by atoms with van der Waals surface area (Å²) in [5.74, 6) is -3.34. The van der Waals surface area contributed by atoms with Gasteiger partial charge in [0.15, 0.2) is 0 Å². The highest BCUT2D eigenvalue weighted by molar-refractivity contribution is 6.22. The normalized spacial score (nSPS) is 16.9. The van der Waals surface area contributed by atoms with Gasteiger partial charge in [0.05, 0.1) is 11.1 Å². The van der Waals surface area contributed by atoms with Gasteiger partial charge in [0.25, 0.3) is 17.7 Å². The number of alkyl halides is 3. The Balaban J connectivity index is 1.68. The first kappa shape index (κ1) is 21.8. The van der Waals surface area contributed by atoms with Crippen LogP contribution in [0.1, 0.15) is 37.5 Å². The molecule has 0 bridgehead atoms. The maximum absolute atomic E-state index is 12.7. The van der Waals surface area contributed by atoms with E-state index in [-0.39, 0.29) is 49.4 Å². The molecule has 1 aromatic carbocycles. The third-order valence-corrected chi connectivity index (χ3v) is 5.04. The van der Waals surface area contributed by atoms with E-state index in [1.54, 1.807) is 0 Å². The first-order chi connectivity index (χ1) is 14.1. The number of nitrogens with zero attached hydrogens (tertiary/aromatic N) is 3. The molecule has 11 heteroatoms. The molecule has 2 aliphatic heterocycles. The van der Waals surface area contributed by atoms with Gasteiger partial charge in [-0.3, -0.25) is 24.1 Å². The van der Waals surface area contributed by atoms with Gasteiger partial charge in [0, 0.05) is 52.0 Å². The molecule has 4 amide bonds. The van der Waals surface area contributed by atoms with Crippen LogP contribution in [-0.4, -0.2) is 90.9 Å². The molecule has 1 fully saturated rings. The number of amides is 4. The van der Waals surface area contributed by atoms with Crippen LogP contribution in [0.5, 0.6) is 0 Å². The van der Waals surface area contributed by atoms with Gasteiger partial charge < -0.3 is 14.5 Å². The number of halogens is 3. The first-order valence-corrected chi connectivity index (χ1v) is 9.29. The highest BCUT2D eigenvalue weighted by atomic mass is 19.4. The summed E-state index contributed by atoms with van der Waals surface area (Å²) >= 11 is 0. The lowest BCUT2D eigenvalue weighted by molar-refractivity contribution is -0.186. The van der Waals surface area contributed by atoms with Crippen molar-refractivity contribution in [2.75, 3.05) is 46.4 Å². The molecule has 2 aliphatic rings. The van der Waals surface area contributed by atoms with Crippen LogP contribution in [0, 0.1) is 0 Å². The van der Waals surface area contributed by atoms with Gasteiger partial charge >= 0.3 is 12.1 Å². The molecule has 0 N–H and O–H groups in total. The van der Waals surface area contributed by atoms with Crippen LogP contribution in [0.25, 0.3) is 0 Å². The number of imide groups is 1. The average Bonchev–Trinajstić information content (AvgIpc) is 2.96. The molecule has 0 aliphatic carbocycles. The van der Waals surface area contributed by atoms with E-state index >= 15 is 0 Å². The summed E-state index contributed by atoms with van der Waals surface area (Å²) in [7, 11) is 1.51. The van der Waals surface area contributed by atoms with E-state index in [1.807, 2.05) is 0 Å². The number of hydrogen-bond donors (Lipinski definition) is 0. The Labute approximate surface area is 170 Å². The standard InChI is InChI=1S/C19H20F3N3O5/c1-30-10-2-5-25-16(27)13-4-3-12(11-14(13)17(25)28)15(26)23-6-8-24(9-7-23)18(29)19(20,21)22/h3-4,11H,2,5-10H2,1H3. The number of carbonyl (C=O) groups excluding carboxylic acids is 4. The third kappa shape index (κ3) is 4.16. The minimum Gasteiger partial charge on any atom is -0.385 e. The molecule has 0 radical (unpaired) electrons. The molecule has 2 heterocycles. The van der Waals surface area contributed by atoms with Gasteiger partial charge in [-0.25, -0.2) is 0 Å². The van der Waals surface area contributed by atoms with Gasteiger partial charge in [0.1, 0.15) is 0 Å². The summed E-state index contributed by atoms with van der Waals surface area (Å²) in [4.78, 5) is 52.1. The second kappa shape index (κ2) is 8.42. The minimum absolute atomic E-state index is 0.0617. The summed E-state index contributed by atoms with van der Waals surface area (Å²) in [6.07, 6.45) is -4.47. The molecule has 1 saturated heterocycles. The van der Waals surface area contributed by atoms with E-state index < -0.39 is 29.8 Å². The lowest BCUT2D eigenvalue weighted by Crippen LogP contribution is -2.53. The van der Waals surface area contributed by atoms with Gasteiger partial charge in [-0.1, -0.05) is 0 Å². The number of fused-ring (bicyclic) bond motifs is 1. The van der Waals surface area contributed by atoms with Crippen molar-refractivity contribution in [3.8, 4) is 0 Å². The van der Waals surface area contributed by atoms with Crippen LogP contribution >= 0.6 is 0 Å². The van der Waals surface area contributed by atoms with E-state index in [2.05, 4.69) is 0 Å². The summed E-state index contributed by atoms with van der Waals surface area (Å²) in [5, 5.41) is 0. The Morgan fingerprint density at radius 1 is 1.00 bits per heavy atom. The van der Waals surface area contributed by atoms with Crippen LogP contribution in [0.2, 0.25) is 0 Å². The minimum atomic E-state index is -4.95. The maximum atomic E-state index is 12.7. The van der Waals surface area contributed by atoms with Crippen molar-refractivity contribution in [1.29, 1.82) is 0 Å². The smallest absolute Gasteiger partial charge is 0.385 e. The fraction of sp³-hybridized carbons (Fsp3) is 0.474. The average molecular weight is 427 g/mol. The van der Waals surface area contributed by atoms with Crippen LogP contribution in [0.15, 0.2) is 18.2 Å². The zero-order valence-electron chi connectivity index (χ0n) is 16.2. The first-order valence-electron chi connectivity index (χ1n) is 9.29. The fourth-order valence-electron chi connectivity index (χ4n) is 3.47. The van der Waals surface area contributed by atoms with Crippen LogP contribution in [0.4, 0.5) is 13.2 Å². The lowest BCUT2D eigenvalue weighted by Gasteiger charge is -2.35. The summed E-state index contributed by atoms with van der Waals surface area (Å²) < 4.78 is 42.5. The number of ether oxygens (including phenoxy) is 1. The largest absolute Gasteiger partial charge is 0.471 e. The van der Waals surface area contributed by atoms with Gasteiger partial charge in [-0.05, 0) is 24.6 Å². The van der Waals surface area contributed by atoms with Crippen LogP contribution in [0.3, 0.4) is 0 Å². The van der Waals surface area contributed by atoms with E-state index in [9.17, 15) is 32.3 Å². The summed E-state index contributed by atoms with van der Waals surface area (Å²) in [5.41, 5.74) is 0.480. The highest BCUT2D eigenvalue weighted by Gasteiger charge is 2.43. The van der Waals surface area contributed by atoms with Gasteiger partial charge in [-0.2, -0.15) is 13.2 Å². The zero-order chi connectivity index (χ0) is 22.1. The predicted octanol–water partition coefficient (Wildman–Crippen LogP) is 1.17. The number of carbonyl (C=O) groups is 4. The van der Waals surface area contributed by atoms with E-state index in [0.29, 0.717) is 17.9 Å². The van der Waals surface area contributed by atoms with Crippen molar-refractivity contribution in [3.63, 3.8) is 0 Å². The molecule has 1 aromatic rings. The molecule has 8 nitrogen and oxygen atoms in total. The molecule has 0 spiro atoms. The topological polar surface area (TPSA) is 87.2 Å². The van der Waals surface area contributed by atoms with Crippen molar-refractivity contribution >= 4 is 23.6 Å². The third-order valence-electron chi connectivity index (χ3n) is 5.04. The number of rotatable bonds is 5.